The highest BCUT2D eigenvalue weighted by atomic mass is 127. The van der Waals surface area contributed by atoms with Crippen molar-refractivity contribution in [3.05, 3.63) is 47.6 Å². The van der Waals surface area contributed by atoms with Gasteiger partial charge in [-0.3, -0.25) is 0 Å². The molecule has 2 aromatic rings. The Morgan fingerprint density at radius 2 is 2.00 bits per heavy atom. The van der Waals surface area contributed by atoms with Crippen LogP contribution in [-0.2, 0) is 13.0 Å². The predicted molar refractivity (Wildman–Crippen MR) is 97.4 cm³/mol. The number of aromatic nitrogens is 2. The minimum Gasteiger partial charge on any atom is -0.357 e. The van der Waals surface area contributed by atoms with E-state index >= 15 is 0 Å². The third-order valence-corrected chi connectivity index (χ3v) is 2.81. The fraction of sp³-hybridized carbons (Fsp3) is 0.400. The highest BCUT2D eigenvalue weighted by molar-refractivity contribution is 14.0. The Balaban J connectivity index is 0.00000242. The van der Waals surface area contributed by atoms with Crippen molar-refractivity contribution in [2.75, 3.05) is 13.1 Å². The smallest absolute Gasteiger partial charge is 0.228 e. The molecule has 1 aromatic heterocycles. The molecule has 1 heterocycles. The molecule has 0 unspecified atom stereocenters. The number of halogens is 1. The Kier molecular flexibility index (Phi) is 8.49. The van der Waals surface area contributed by atoms with Gasteiger partial charge in [-0.1, -0.05) is 35.5 Å². The second-order valence-electron chi connectivity index (χ2n) is 4.59. The molecule has 0 bridgehead atoms. The van der Waals surface area contributed by atoms with Crippen LogP contribution in [0.5, 0.6) is 0 Å². The molecule has 0 spiro atoms. The Morgan fingerprint density at radius 3 is 2.64 bits per heavy atom. The summed E-state index contributed by atoms with van der Waals surface area (Å²) in [5, 5.41) is 10.2. The highest BCUT2D eigenvalue weighted by Gasteiger charge is 2.03. The van der Waals surface area contributed by atoms with E-state index in [1.165, 1.54) is 5.56 Å². The number of aliphatic imine (C=N–C) groups is 1. The Hall–Kier alpha value is -1.64. The molecule has 22 heavy (non-hydrogen) atoms. The van der Waals surface area contributed by atoms with Crippen LogP contribution in [0.4, 0.5) is 0 Å². The molecule has 0 saturated heterocycles. The van der Waals surface area contributed by atoms with Crippen molar-refractivity contribution in [3.63, 3.8) is 0 Å². The van der Waals surface area contributed by atoms with Crippen molar-refractivity contribution >= 4 is 29.9 Å². The van der Waals surface area contributed by atoms with Gasteiger partial charge in [-0.2, -0.15) is 4.98 Å². The molecule has 0 aliphatic rings. The van der Waals surface area contributed by atoms with Crippen LogP contribution in [-0.4, -0.2) is 29.2 Å². The first-order valence-electron chi connectivity index (χ1n) is 7.13. The number of hydrogen-bond acceptors (Lipinski definition) is 4. The largest absolute Gasteiger partial charge is 0.357 e. The third kappa shape index (κ3) is 6.42. The maximum atomic E-state index is 5.07. The first-order chi connectivity index (χ1) is 10.3. The second-order valence-corrected chi connectivity index (χ2v) is 4.59. The number of nitrogens with one attached hydrogen (secondary N) is 2. The van der Waals surface area contributed by atoms with Gasteiger partial charge in [0.15, 0.2) is 11.8 Å². The van der Waals surface area contributed by atoms with Gasteiger partial charge in [0.2, 0.25) is 5.89 Å². The molecule has 2 N–H and O–H groups in total. The molecule has 120 valence electrons. The van der Waals surface area contributed by atoms with Crippen LogP contribution in [0.1, 0.15) is 24.2 Å². The van der Waals surface area contributed by atoms with Crippen molar-refractivity contribution < 1.29 is 4.52 Å². The SMILES string of the molecule is CCNC(=NCc1ccccc1)NCCc1nc(C)no1.I. The molecule has 1 aromatic carbocycles. The molecule has 2 rings (SSSR count). The number of nitrogens with zero attached hydrogens (tertiary/aromatic N) is 3. The monoisotopic (exact) mass is 415 g/mol. The molecule has 0 saturated carbocycles. The van der Waals surface area contributed by atoms with Crippen LogP contribution >= 0.6 is 24.0 Å². The minimum atomic E-state index is 0. The first kappa shape index (κ1) is 18.4. The van der Waals surface area contributed by atoms with Crippen molar-refractivity contribution in [3.8, 4) is 0 Å². The van der Waals surface area contributed by atoms with Crippen LogP contribution in [0.25, 0.3) is 0 Å². The Bertz CT molecular complexity index is 570. The van der Waals surface area contributed by atoms with Crippen LogP contribution in [0, 0.1) is 6.92 Å². The average molecular weight is 415 g/mol. The topological polar surface area (TPSA) is 75.3 Å². The molecule has 0 amide bonds. The van der Waals surface area contributed by atoms with E-state index in [4.69, 9.17) is 4.52 Å². The molecule has 0 radical (unpaired) electrons. The second kappa shape index (κ2) is 10.1. The molecule has 0 aliphatic heterocycles. The van der Waals surface area contributed by atoms with Gasteiger partial charge < -0.3 is 15.2 Å². The molecule has 6 nitrogen and oxygen atoms in total. The van der Waals surface area contributed by atoms with E-state index < -0.39 is 0 Å². The standard InChI is InChI=1S/C15H21N5O.HI/c1-3-16-15(18-11-13-7-5-4-6-8-13)17-10-9-14-19-12(2)20-21-14;/h4-8H,3,9-11H2,1-2H3,(H2,16,17,18);1H. The van der Waals surface area contributed by atoms with Crippen molar-refractivity contribution in [2.45, 2.75) is 26.8 Å². The van der Waals surface area contributed by atoms with E-state index in [0.29, 0.717) is 31.2 Å². The third-order valence-electron chi connectivity index (χ3n) is 2.81. The number of rotatable bonds is 6. The van der Waals surface area contributed by atoms with Crippen LogP contribution in [0.15, 0.2) is 39.8 Å². The van der Waals surface area contributed by atoms with Gasteiger partial charge in [-0.05, 0) is 19.4 Å². The van der Waals surface area contributed by atoms with E-state index in [1.54, 1.807) is 0 Å². The van der Waals surface area contributed by atoms with Crippen LogP contribution in [0.2, 0.25) is 0 Å². The first-order valence-corrected chi connectivity index (χ1v) is 7.13. The van der Waals surface area contributed by atoms with E-state index in [1.807, 2.05) is 32.0 Å². The normalized spacial score (nSPS) is 10.9. The van der Waals surface area contributed by atoms with E-state index in [9.17, 15) is 0 Å². The predicted octanol–water partition coefficient (Wildman–Crippen LogP) is 2.29. The van der Waals surface area contributed by atoms with Crippen molar-refractivity contribution in [1.82, 2.24) is 20.8 Å². The summed E-state index contributed by atoms with van der Waals surface area (Å²) in [6, 6.07) is 10.2. The number of hydrogen-bond donors (Lipinski definition) is 2. The van der Waals surface area contributed by atoms with Gasteiger partial charge in [0, 0.05) is 19.5 Å². The van der Waals surface area contributed by atoms with Gasteiger partial charge in [0.25, 0.3) is 0 Å². The fourth-order valence-corrected chi connectivity index (χ4v) is 1.82. The van der Waals surface area contributed by atoms with Crippen LogP contribution in [0.3, 0.4) is 0 Å². The van der Waals surface area contributed by atoms with Gasteiger partial charge in [0.05, 0.1) is 6.54 Å². The molecule has 0 atom stereocenters. The molecular weight excluding hydrogens is 393 g/mol. The number of guanidine groups is 1. The van der Waals surface area contributed by atoms with Crippen molar-refractivity contribution in [1.29, 1.82) is 0 Å². The molecule has 7 heteroatoms. The summed E-state index contributed by atoms with van der Waals surface area (Å²) in [6.07, 6.45) is 0.677. The molecule has 0 aliphatic carbocycles. The summed E-state index contributed by atoms with van der Waals surface area (Å²) in [5.41, 5.74) is 1.18. The fourth-order valence-electron chi connectivity index (χ4n) is 1.82. The lowest BCUT2D eigenvalue weighted by Gasteiger charge is -2.10. The zero-order valence-electron chi connectivity index (χ0n) is 12.9. The quantitative estimate of drug-likeness (QED) is 0.430. The number of benzene rings is 1. The minimum absolute atomic E-state index is 0. The number of aryl methyl sites for hydroxylation is 1. The summed E-state index contributed by atoms with van der Waals surface area (Å²) in [7, 11) is 0. The lowest BCUT2D eigenvalue weighted by molar-refractivity contribution is 0.374. The Morgan fingerprint density at radius 1 is 1.23 bits per heavy atom. The van der Waals surface area contributed by atoms with Gasteiger partial charge >= 0.3 is 0 Å². The van der Waals surface area contributed by atoms with Gasteiger partial charge in [-0.15, -0.1) is 24.0 Å². The van der Waals surface area contributed by atoms with E-state index in [0.717, 1.165) is 12.5 Å². The Labute approximate surface area is 147 Å². The lowest BCUT2D eigenvalue weighted by atomic mass is 10.2. The highest BCUT2D eigenvalue weighted by Crippen LogP contribution is 2.00. The summed E-state index contributed by atoms with van der Waals surface area (Å²) >= 11 is 0. The zero-order chi connectivity index (χ0) is 14.9. The maximum absolute atomic E-state index is 5.07. The molecule has 0 fully saturated rings. The van der Waals surface area contributed by atoms with Crippen LogP contribution < -0.4 is 10.6 Å². The summed E-state index contributed by atoms with van der Waals surface area (Å²) in [6.45, 7) is 6.02. The lowest BCUT2D eigenvalue weighted by Crippen LogP contribution is -2.38. The van der Waals surface area contributed by atoms with E-state index in [2.05, 4.69) is 37.9 Å². The van der Waals surface area contributed by atoms with Crippen molar-refractivity contribution in [2.24, 2.45) is 4.99 Å². The summed E-state index contributed by atoms with van der Waals surface area (Å²) in [5.74, 6) is 2.09. The van der Waals surface area contributed by atoms with Gasteiger partial charge in [-0.25, -0.2) is 4.99 Å². The van der Waals surface area contributed by atoms with E-state index in [-0.39, 0.29) is 24.0 Å². The summed E-state index contributed by atoms with van der Waals surface area (Å²) < 4.78 is 5.07. The van der Waals surface area contributed by atoms with Gasteiger partial charge in [0.1, 0.15) is 0 Å². The average Bonchev–Trinajstić information content (AvgIpc) is 2.91. The molecular formula is C15H22IN5O. The maximum Gasteiger partial charge on any atom is 0.228 e. The summed E-state index contributed by atoms with van der Waals surface area (Å²) in [4.78, 5) is 8.72. The zero-order valence-corrected chi connectivity index (χ0v) is 15.2.